The van der Waals surface area contributed by atoms with E-state index in [0.717, 1.165) is 18.5 Å². The molecule has 0 saturated heterocycles. The number of hydrogen-bond donors (Lipinski definition) is 0. The number of rotatable bonds is 6. The first-order valence-electron chi connectivity index (χ1n) is 6.81. The van der Waals surface area contributed by atoms with Crippen molar-refractivity contribution in [2.24, 2.45) is 0 Å². The quantitative estimate of drug-likeness (QED) is 0.727. The highest BCUT2D eigenvalue weighted by Gasteiger charge is 2.31. The summed E-state index contributed by atoms with van der Waals surface area (Å²) in [5.74, 6) is 0.350. The molecule has 1 aromatic heterocycles. The van der Waals surface area contributed by atoms with Gasteiger partial charge in [-0.2, -0.15) is 13.2 Å². The van der Waals surface area contributed by atoms with Crippen molar-refractivity contribution in [2.75, 3.05) is 10.6 Å². The molecule has 25 heavy (non-hydrogen) atoms. The average molecular weight is 374 g/mol. The fraction of sp³-hybridized carbons (Fsp3) is 0.200. The van der Waals surface area contributed by atoms with Gasteiger partial charge in [-0.1, -0.05) is 6.07 Å². The third-order valence-electron chi connectivity index (χ3n) is 3.06. The lowest BCUT2D eigenvalue weighted by atomic mass is 10.2. The second-order valence-corrected chi connectivity index (χ2v) is 6.86. The fourth-order valence-electron chi connectivity index (χ4n) is 1.86. The second kappa shape index (κ2) is 7.09. The van der Waals surface area contributed by atoms with E-state index in [2.05, 4.69) is 4.98 Å². The van der Waals surface area contributed by atoms with E-state index in [-0.39, 0.29) is 18.7 Å². The molecule has 10 heteroatoms. The van der Waals surface area contributed by atoms with Gasteiger partial charge in [0.15, 0.2) is 0 Å². The van der Waals surface area contributed by atoms with Gasteiger partial charge in [0.1, 0.15) is 18.1 Å². The molecule has 0 atom stereocenters. The Hall–Kier alpha value is -2.62. The van der Waals surface area contributed by atoms with E-state index in [0.29, 0.717) is 15.6 Å². The number of anilines is 1. The van der Waals surface area contributed by atoms with Crippen LogP contribution in [-0.2, 0) is 27.6 Å². The predicted molar refractivity (Wildman–Crippen MR) is 83.4 cm³/mol. The molecule has 1 heterocycles. The average Bonchev–Trinajstić information content (AvgIpc) is 2.53. The maximum atomic E-state index is 12.4. The van der Waals surface area contributed by atoms with Crippen LogP contribution in [0, 0.1) is 0 Å². The molecule has 1 aromatic carbocycles. The summed E-state index contributed by atoms with van der Waals surface area (Å²) in [7, 11) is -3.73. The number of sulfonamides is 1. The smallest absolute Gasteiger partial charge is 0.433 e. The van der Waals surface area contributed by atoms with Gasteiger partial charge < -0.3 is 4.74 Å². The molecule has 0 bridgehead atoms. The molecule has 0 spiro atoms. The van der Waals surface area contributed by atoms with Crippen LogP contribution < -0.4 is 9.04 Å². The summed E-state index contributed by atoms with van der Waals surface area (Å²) in [6, 6.07) is 7.73. The molecule has 2 rings (SSSR count). The molecular weight excluding hydrogens is 361 g/mol. The second-order valence-electron chi connectivity index (χ2n) is 5.00. The zero-order chi connectivity index (χ0) is 18.7. The Kier molecular flexibility index (Phi) is 5.31. The fourth-order valence-corrected chi connectivity index (χ4v) is 2.53. The lowest BCUT2D eigenvalue weighted by Crippen LogP contribution is -2.27. The zero-order valence-electron chi connectivity index (χ0n) is 12.9. The van der Waals surface area contributed by atoms with Crippen molar-refractivity contribution in [3.63, 3.8) is 0 Å². The van der Waals surface area contributed by atoms with Crippen LogP contribution in [0.25, 0.3) is 0 Å². The number of ether oxygens (including phenoxy) is 1. The van der Waals surface area contributed by atoms with Crippen molar-refractivity contribution in [3.8, 4) is 5.75 Å². The van der Waals surface area contributed by atoms with Gasteiger partial charge in [-0.25, -0.2) is 12.7 Å². The maximum absolute atomic E-state index is 12.4. The lowest BCUT2D eigenvalue weighted by Gasteiger charge is -2.15. The third-order valence-corrected chi connectivity index (χ3v) is 4.08. The van der Waals surface area contributed by atoms with Crippen LogP contribution in [0.5, 0.6) is 5.75 Å². The molecule has 2 aromatic rings. The van der Waals surface area contributed by atoms with Crippen LogP contribution in [0.4, 0.5) is 18.9 Å². The zero-order valence-corrected chi connectivity index (χ0v) is 13.7. The SMILES string of the molecule is CS(=O)(=O)N(C=O)c1ccc(OCc2ccc(C(F)(F)F)nc2)cc1. The van der Waals surface area contributed by atoms with Crippen LogP contribution in [0.2, 0.25) is 0 Å². The molecule has 0 aliphatic rings. The van der Waals surface area contributed by atoms with Crippen molar-refractivity contribution in [1.82, 2.24) is 4.98 Å². The molecule has 1 amide bonds. The highest BCUT2D eigenvalue weighted by atomic mass is 32.2. The number of halogens is 3. The normalized spacial score (nSPS) is 11.8. The molecule has 0 radical (unpaired) electrons. The Labute approximate surface area is 141 Å². The first kappa shape index (κ1) is 18.7. The monoisotopic (exact) mass is 374 g/mol. The predicted octanol–water partition coefficient (Wildman–Crippen LogP) is 2.60. The molecule has 0 fully saturated rings. The molecule has 0 saturated carbocycles. The van der Waals surface area contributed by atoms with Gasteiger partial charge in [0.2, 0.25) is 16.4 Å². The van der Waals surface area contributed by atoms with E-state index >= 15 is 0 Å². The Morgan fingerprint density at radius 1 is 1.16 bits per heavy atom. The minimum absolute atomic E-state index is 0.0199. The van der Waals surface area contributed by atoms with Crippen molar-refractivity contribution < 1.29 is 31.1 Å². The molecular formula is C15H13F3N2O4S. The van der Waals surface area contributed by atoms with E-state index in [9.17, 15) is 26.4 Å². The van der Waals surface area contributed by atoms with Crippen LogP contribution in [-0.4, -0.2) is 26.1 Å². The summed E-state index contributed by atoms with van der Waals surface area (Å²) in [6.45, 7) is -0.0199. The van der Waals surface area contributed by atoms with Crippen molar-refractivity contribution in [2.45, 2.75) is 12.8 Å². The van der Waals surface area contributed by atoms with Crippen LogP contribution in [0.1, 0.15) is 11.3 Å². The number of carbonyl (C=O) groups excluding carboxylic acids is 1. The van der Waals surface area contributed by atoms with E-state index in [1.165, 1.54) is 30.3 Å². The number of carbonyl (C=O) groups is 1. The summed E-state index contributed by atoms with van der Waals surface area (Å²) < 4.78 is 66.1. The number of pyridine rings is 1. The van der Waals surface area contributed by atoms with Gasteiger partial charge in [-0.15, -0.1) is 0 Å². The van der Waals surface area contributed by atoms with Gasteiger partial charge in [0.25, 0.3) is 0 Å². The van der Waals surface area contributed by atoms with E-state index in [4.69, 9.17) is 4.74 Å². The van der Waals surface area contributed by atoms with E-state index in [1.54, 1.807) is 0 Å². The number of nitrogens with zero attached hydrogens (tertiary/aromatic N) is 2. The van der Waals surface area contributed by atoms with Crippen molar-refractivity contribution in [1.29, 1.82) is 0 Å². The minimum atomic E-state index is -4.50. The molecule has 0 aliphatic heterocycles. The minimum Gasteiger partial charge on any atom is -0.489 e. The van der Waals surface area contributed by atoms with Gasteiger partial charge in [-0.3, -0.25) is 9.78 Å². The number of hydrogen-bond acceptors (Lipinski definition) is 5. The largest absolute Gasteiger partial charge is 0.489 e. The summed E-state index contributed by atoms with van der Waals surface area (Å²) in [6.07, 6.45) is -2.36. The highest BCUT2D eigenvalue weighted by molar-refractivity contribution is 7.92. The number of benzene rings is 1. The Morgan fingerprint density at radius 3 is 2.24 bits per heavy atom. The van der Waals surface area contributed by atoms with E-state index in [1.807, 2.05) is 0 Å². The number of amides is 1. The molecule has 0 unspecified atom stereocenters. The van der Waals surface area contributed by atoms with Crippen LogP contribution >= 0.6 is 0 Å². The Morgan fingerprint density at radius 2 is 1.80 bits per heavy atom. The van der Waals surface area contributed by atoms with Crippen molar-refractivity contribution in [3.05, 3.63) is 53.9 Å². The topological polar surface area (TPSA) is 76.6 Å². The highest BCUT2D eigenvalue weighted by Crippen LogP contribution is 2.27. The molecule has 0 aliphatic carbocycles. The first-order chi connectivity index (χ1) is 11.6. The van der Waals surface area contributed by atoms with E-state index < -0.39 is 21.9 Å². The number of aromatic nitrogens is 1. The Balaban J connectivity index is 2.03. The summed E-state index contributed by atoms with van der Waals surface area (Å²) in [4.78, 5) is 14.2. The van der Waals surface area contributed by atoms with Crippen LogP contribution in [0.3, 0.4) is 0 Å². The number of alkyl halides is 3. The molecule has 0 N–H and O–H groups in total. The van der Waals surface area contributed by atoms with Crippen molar-refractivity contribution >= 4 is 22.1 Å². The molecule has 6 nitrogen and oxygen atoms in total. The Bertz CT molecular complexity index is 835. The summed E-state index contributed by atoms with van der Waals surface area (Å²) in [5.41, 5.74) is -0.417. The van der Waals surface area contributed by atoms with Gasteiger partial charge >= 0.3 is 6.18 Å². The maximum Gasteiger partial charge on any atom is 0.433 e. The lowest BCUT2D eigenvalue weighted by molar-refractivity contribution is -0.141. The molecule has 134 valence electrons. The summed E-state index contributed by atoms with van der Waals surface area (Å²) in [5, 5.41) is 0. The third kappa shape index (κ3) is 4.92. The van der Waals surface area contributed by atoms with Crippen LogP contribution in [0.15, 0.2) is 42.6 Å². The first-order valence-corrected chi connectivity index (χ1v) is 8.66. The van der Waals surface area contributed by atoms with Gasteiger partial charge in [0, 0.05) is 11.8 Å². The van der Waals surface area contributed by atoms with Gasteiger partial charge in [0.05, 0.1) is 11.9 Å². The van der Waals surface area contributed by atoms with Gasteiger partial charge in [-0.05, 0) is 30.3 Å². The standard InChI is InChI=1S/C15H13F3N2O4S/c1-25(22,23)20(10-21)12-3-5-13(6-4-12)24-9-11-2-7-14(19-8-11)15(16,17)18/h2-8,10H,9H2,1H3. The summed E-state index contributed by atoms with van der Waals surface area (Å²) >= 11 is 0.